The Kier molecular flexibility index (Phi) is 4.21. The van der Waals surface area contributed by atoms with Gasteiger partial charge in [0.1, 0.15) is 11.3 Å². The summed E-state index contributed by atoms with van der Waals surface area (Å²) in [7, 11) is 0. The number of rotatable bonds is 3. The van der Waals surface area contributed by atoms with Crippen LogP contribution >= 0.6 is 11.3 Å². The molecule has 0 saturated heterocycles. The number of fused-ring (bicyclic) bond motifs is 3. The number of carbonyl (C=O) groups is 2. The summed E-state index contributed by atoms with van der Waals surface area (Å²) in [6.45, 7) is 0. The van der Waals surface area contributed by atoms with Crippen molar-refractivity contribution in [1.29, 1.82) is 0 Å². The van der Waals surface area contributed by atoms with Crippen molar-refractivity contribution >= 4 is 51.0 Å². The Morgan fingerprint density at radius 1 is 0.857 bits per heavy atom. The predicted molar refractivity (Wildman–Crippen MR) is 135 cm³/mol. The molecular formula is C28H15N3O3S. The minimum atomic E-state index is -0.293. The van der Waals surface area contributed by atoms with E-state index in [2.05, 4.69) is 9.97 Å². The fourth-order valence-corrected chi connectivity index (χ4v) is 5.14. The zero-order valence-corrected chi connectivity index (χ0v) is 19.0. The summed E-state index contributed by atoms with van der Waals surface area (Å²) in [5.74, 6) is 0.482. The summed E-state index contributed by atoms with van der Waals surface area (Å²) in [6.07, 6.45) is 3.29. The van der Waals surface area contributed by atoms with E-state index in [4.69, 9.17) is 4.42 Å². The fourth-order valence-electron chi connectivity index (χ4n) is 4.55. The lowest BCUT2D eigenvalue weighted by atomic mass is 10.0. The third kappa shape index (κ3) is 3.02. The van der Waals surface area contributed by atoms with Gasteiger partial charge in [0.05, 0.1) is 5.57 Å². The summed E-state index contributed by atoms with van der Waals surface area (Å²) >= 11 is 1.48. The molecule has 1 aliphatic carbocycles. The Balaban J connectivity index is 1.41. The molecule has 0 saturated carbocycles. The van der Waals surface area contributed by atoms with Gasteiger partial charge in [-0.2, -0.15) is 4.98 Å². The number of benzene rings is 3. The highest BCUT2D eigenvalue weighted by Crippen LogP contribution is 2.35. The van der Waals surface area contributed by atoms with Crippen molar-refractivity contribution in [2.24, 2.45) is 0 Å². The minimum Gasteiger partial charge on any atom is -0.434 e. The molecule has 0 unspecified atom stereocenters. The molecule has 0 N–H and O–H groups in total. The first kappa shape index (κ1) is 19.8. The Labute approximate surface area is 202 Å². The fraction of sp³-hybridized carbons (Fsp3) is 0. The van der Waals surface area contributed by atoms with Gasteiger partial charge < -0.3 is 4.42 Å². The van der Waals surface area contributed by atoms with Crippen LogP contribution in [0.1, 0.15) is 26.5 Å². The lowest BCUT2D eigenvalue weighted by molar-refractivity contribution is 0.0990. The van der Waals surface area contributed by atoms with Crippen LogP contribution in [0, 0.1) is 0 Å². The monoisotopic (exact) mass is 473 g/mol. The van der Waals surface area contributed by atoms with Crippen molar-refractivity contribution in [3.63, 3.8) is 0 Å². The van der Waals surface area contributed by atoms with E-state index in [1.54, 1.807) is 24.4 Å². The number of allylic oxidation sites excluding steroid dienone is 1. The Morgan fingerprint density at radius 3 is 2.20 bits per heavy atom. The number of para-hydroxylation sites is 1. The number of hydrogen-bond donors (Lipinski definition) is 0. The molecule has 35 heavy (non-hydrogen) atoms. The zero-order valence-electron chi connectivity index (χ0n) is 18.1. The van der Waals surface area contributed by atoms with Crippen LogP contribution in [-0.4, -0.2) is 26.1 Å². The molecular weight excluding hydrogens is 458 g/mol. The average molecular weight is 474 g/mol. The van der Waals surface area contributed by atoms with Crippen LogP contribution < -0.4 is 0 Å². The number of ketones is 2. The third-order valence-corrected chi connectivity index (χ3v) is 6.96. The second kappa shape index (κ2) is 7.44. The number of imidazole rings is 1. The summed E-state index contributed by atoms with van der Waals surface area (Å²) in [5.41, 5.74) is 2.93. The van der Waals surface area contributed by atoms with Gasteiger partial charge in [-0.25, -0.2) is 4.98 Å². The molecule has 7 rings (SSSR count). The number of hydrogen-bond acceptors (Lipinski definition) is 6. The largest absolute Gasteiger partial charge is 0.434 e. The van der Waals surface area contributed by atoms with E-state index in [0.29, 0.717) is 28.4 Å². The van der Waals surface area contributed by atoms with Gasteiger partial charge >= 0.3 is 0 Å². The number of Topliss-reactive ketones (excluding diaryl/α,β-unsaturated/α-hetero) is 2. The maximum Gasteiger partial charge on any atom is 0.246 e. The highest BCUT2D eigenvalue weighted by molar-refractivity contribution is 7.13. The first-order chi connectivity index (χ1) is 17.2. The van der Waals surface area contributed by atoms with Crippen LogP contribution in [-0.2, 0) is 0 Å². The zero-order chi connectivity index (χ0) is 23.5. The molecule has 0 spiro atoms. The van der Waals surface area contributed by atoms with Gasteiger partial charge in [-0.3, -0.25) is 14.2 Å². The second-order valence-electron chi connectivity index (χ2n) is 8.24. The van der Waals surface area contributed by atoms with Crippen LogP contribution in [0.25, 0.3) is 44.5 Å². The summed E-state index contributed by atoms with van der Waals surface area (Å²) in [4.78, 5) is 35.6. The number of furan rings is 1. The van der Waals surface area contributed by atoms with Crippen LogP contribution in [0.4, 0.5) is 0 Å². The maximum absolute atomic E-state index is 13.3. The van der Waals surface area contributed by atoms with E-state index in [1.165, 1.54) is 11.3 Å². The summed E-state index contributed by atoms with van der Waals surface area (Å²) in [5, 5.41) is 4.49. The number of carbonyl (C=O) groups excluding carboxylic acids is 2. The van der Waals surface area contributed by atoms with E-state index in [1.807, 2.05) is 70.6 Å². The van der Waals surface area contributed by atoms with Gasteiger partial charge in [-0.1, -0.05) is 42.5 Å². The molecule has 0 bridgehead atoms. The molecule has 1 aliphatic rings. The molecule has 7 heteroatoms. The van der Waals surface area contributed by atoms with Crippen LogP contribution in [0.2, 0.25) is 0 Å². The highest BCUT2D eigenvalue weighted by Gasteiger charge is 2.34. The summed E-state index contributed by atoms with van der Waals surface area (Å²) < 4.78 is 7.90. The number of nitrogens with zero attached hydrogens (tertiary/aromatic N) is 3. The lowest BCUT2D eigenvalue weighted by Crippen LogP contribution is -2.03. The topological polar surface area (TPSA) is 78.0 Å². The van der Waals surface area contributed by atoms with Crippen molar-refractivity contribution < 1.29 is 14.0 Å². The summed E-state index contributed by atoms with van der Waals surface area (Å²) in [6, 6.07) is 22.8. The number of thiazole rings is 1. The average Bonchev–Trinajstić information content (AvgIpc) is 3.65. The van der Waals surface area contributed by atoms with Gasteiger partial charge in [-0.15, -0.1) is 11.3 Å². The molecule has 6 nitrogen and oxygen atoms in total. The van der Waals surface area contributed by atoms with E-state index in [9.17, 15) is 9.59 Å². The molecule has 0 atom stereocenters. The number of aromatic nitrogens is 3. The first-order valence-electron chi connectivity index (χ1n) is 11.0. The van der Waals surface area contributed by atoms with E-state index >= 15 is 0 Å². The molecule has 0 aliphatic heterocycles. The molecule has 3 aromatic heterocycles. The standard InChI is InChI=1S/C28H15N3O3S/c32-25-19-12-16-6-4-5-7-17(16)13-20(19)26(33)21(25)14-24-30-27-22(31(24)18-8-2-1-3-9-18)15-23(34-27)28-29-10-11-35-28/h1-15H. The molecule has 0 amide bonds. The minimum absolute atomic E-state index is 0.0975. The third-order valence-electron chi connectivity index (χ3n) is 6.17. The van der Waals surface area contributed by atoms with Gasteiger partial charge in [0, 0.05) is 34.5 Å². The van der Waals surface area contributed by atoms with E-state index in [0.717, 1.165) is 27.0 Å². The Hall–Kier alpha value is -4.62. The second-order valence-corrected chi connectivity index (χ2v) is 9.14. The molecule has 6 aromatic rings. The van der Waals surface area contributed by atoms with E-state index < -0.39 is 0 Å². The van der Waals surface area contributed by atoms with Crippen molar-refractivity contribution in [2.45, 2.75) is 0 Å². The predicted octanol–water partition coefficient (Wildman–Crippen LogP) is 6.36. The molecule has 0 fully saturated rings. The van der Waals surface area contributed by atoms with Gasteiger partial charge in [0.2, 0.25) is 5.71 Å². The highest BCUT2D eigenvalue weighted by atomic mass is 32.1. The normalized spacial score (nSPS) is 13.2. The van der Waals surface area contributed by atoms with E-state index in [-0.39, 0.29) is 17.1 Å². The Morgan fingerprint density at radius 2 is 1.54 bits per heavy atom. The van der Waals surface area contributed by atoms with Crippen molar-refractivity contribution in [3.05, 3.63) is 107 Å². The lowest BCUT2D eigenvalue weighted by Gasteiger charge is -2.06. The molecule has 3 heterocycles. The SMILES string of the molecule is O=C1C(=Cc2nc3oc(-c4nccs4)cc3n2-c2ccccc2)C(=O)c2cc3ccccc3cc21. The van der Waals surface area contributed by atoms with Crippen molar-refractivity contribution in [3.8, 4) is 16.5 Å². The molecule has 0 radical (unpaired) electrons. The quantitative estimate of drug-likeness (QED) is 0.221. The van der Waals surface area contributed by atoms with Crippen molar-refractivity contribution in [2.75, 3.05) is 0 Å². The van der Waals surface area contributed by atoms with Gasteiger partial charge in [0.15, 0.2) is 22.3 Å². The maximum atomic E-state index is 13.3. The van der Waals surface area contributed by atoms with Crippen LogP contribution in [0.15, 0.2) is 94.4 Å². The molecule has 166 valence electrons. The molecule has 3 aromatic carbocycles. The van der Waals surface area contributed by atoms with Crippen molar-refractivity contribution in [1.82, 2.24) is 14.5 Å². The Bertz CT molecular complexity index is 1770. The van der Waals surface area contributed by atoms with Gasteiger partial charge in [0.25, 0.3) is 0 Å². The van der Waals surface area contributed by atoms with Gasteiger partial charge in [-0.05, 0) is 41.1 Å². The first-order valence-corrected chi connectivity index (χ1v) is 11.9. The smallest absolute Gasteiger partial charge is 0.246 e. The van der Waals surface area contributed by atoms with Crippen LogP contribution in [0.3, 0.4) is 0 Å². The van der Waals surface area contributed by atoms with Crippen LogP contribution in [0.5, 0.6) is 0 Å².